The number of aliphatic carboxylic acids is 1. The molecule has 2 atom stereocenters. The van der Waals surface area contributed by atoms with E-state index in [4.69, 9.17) is 0 Å². The van der Waals surface area contributed by atoms with E-state index in [0.717, 1.165) is 6.42 Å². The van der Waals surface area contributed by atoms with Gasteiger partial charge in [0.15, 0.2) is 0 Å². The molecule has 2 nitrogen and oxygen atoms in total. The van der Waals surface area contributed by atoms with Crippen molar-refractivity contribution in [2.45, 2.75) is 31.6 Å². The van der Waals surface area contributed by atoms with E-state index in [1.165, 1.54) is 12.1 Å². The lowest BCUT2D eigenvalue weighted by atomic mass is 9.76. The number of alkyl halides is 2. The zero-order chi connectivity index (χ0) is 13.7. The molecule has 0 heterocycles. The number of hydrogen-bond donors (Lipinski definition) is 1. The van der Waals surface area contributed by atoms with Gasteiger partial charge < -0.3 is 5.11 Å². The van der Waals surface area contributed by atoms with Gasteiger partial charge in [0.1, 0.15) is 0 Å². The Bertz CT molecular complexity index is 488. The van der Waals surface area contributed by atoms with Crippen LogP contribution >= 0.6 is 0 Å². The summed E-state index contributed by atoms with van der Waals surface area (Å²) >= 11 is 0. The Balaban J connectivity index is 1.84. The van der Waals surface area contributed by atoms with E-state index in [9.17, 15) is 18.7 Å². The number of hydrogen-bond acceptors (Lipinski definition) is 1. The molecule has 0 saturated heterocycles. The highest BCUT2D eigenvalue weighted by Crippen LogP contribution is 2.63. The quantitative estimate of drug-likeness (QED) is 0.902. The number of carboxylic acid groups (broad SMARTS) is 1. The van der Waals surface area contributed by atoms with Crippen LogP contribution < -0.4 is 0 Å². The minimum atomic E-state index is -3.07. The highest BCUT2D eigenvalue weighted by Gasteiger charge is 2.60. The fraction of sp³-hybridized carbons (Fsp3) is 0.533. The standard InChI is InChI=1S/C15H16F2O2/c16-15(17,12-4-2-1-3-5-12)9-14(13(18)19)7-10-6-11(10)8-14/h1-5,10-11H,6-9H2,(H,18,19). The number of halogens is 2. The largest absolute Gasteiger partial charge is 0.481 e. The lowest BCUT2D eigenvalue weighted by molar-refractivity contribution is -0.157. The highest BCUT2D eigenvalue weighted by molar-refractivity contribution is 5.75. The second-order valence-electron chi connectivity index (χ2n) is 6.00. The summed E-state index contributed by atoms with van der Waals surface area (Å²) in [6.07, 6.45) is 1.27. The monoisotopic (exact) mass is 266 g/mol. The summed E-state index contributed by atoms with van der Waals surface area (Å²) in [6.45, 7) is 0. The Morgan fingerprint density at radius 1 is 1.26 bits per heavy atom. The van der Waals surface area contributed by atoms with Crippen LogP contribution in [0.4, 0.5) is 8.78 Å². The van der Waals surface area contributed by atoms with Gasteiger partial charge in [0.05, 0.1) is 5.41 Å². The second-order valence-corrected chi connectivity index (χ2v) is 6.00. The van der Waals surface area contributed by atoms with Crippen LogP contribution in [0.1, 0.15) is 31.2 Å². The maximum atomic E-state index is 14.3. The van der Waals surface area contributed by atoms with Gasteiger partial charge in [-0.05, 0) is 31.1 Å². The Labute approximate surface area is 110 Å². The van der Waals surface area contributed by atoms with Crippen LogP contribution in [0.15, 0.2) is 30.3 Å². The van der Waals surface area contributed by atoms with Crippen molar-refractivity contribution >= 4 is 5.97 Å². The molecule has 2 aliphatic carbocycles. The van der Waals surface area contributed by atoms with E-state index in [1.807, 2.05) is 0 Å². The minimum Gasteiger partial charge on any atom is -0.481 e. The first-order valence-corrected chi connectivity index (χ1v) is 6.60. The summed E-state index contributed by atoms with van der Waals surface area (Å²) in [5.74, 6) is -3.41. The normalized spacial score (nSPS) is 32.9. The van der Waals surface area contributed by atoms with Crippen molar-refractivity contribution in [3.8, 4) is 0 Å². The summed E-state index contributed by atoms with van der Waals surface area (Å²) in [7, 11) is 0. The van der Waals surface area contributed by atoms with Gasteiger partial charge in [0.2, 0.25) is 0 Å². The molecule has 0 bridgehead atoms. The number of rotatable bonds is 4. The zero-order valence-corrected chi connectivity index (χ0v) is 10.5. The molecule has 0 spiro atoms. The molecule has 0 amide bonds. The first-order valence-electron chi connectivity index (χ1n) is 6.60. The van der Waals surface area contributed by atoms with E-state index in [-0.39, 0.29) is 5.56 Å². The van der Waals surface area contributed by atoms with E-state index < -0.39 is 23.7 Å². The van der Waals surface area contributed by atoms with Crippen LogP contribution in [0.25, 0.3) is 0 Å². The molecule has 2 fully saturated rings. The number of benzene rings is 1. The Morgan fingerprint density at radius 3 is 2.37 bits per heavy atom. The molecular formula is C15H16F2O2. The molecule has 102 valence electrons. The Kier molecular flexibility index (Phi) is 2.66. The van der Waals surface area contributed by atoms with Crippen molar-refractivity contribution < 1.29 is 18.7 Å². The molecule has 2 unspecified atom stereocenters. The van der Waals surface area contributed by atoms with E-state index >= 15 is 0 Å². The predicted molar refractivity (Wildman–Crippen MR) is 65.9 cm³/mol. The average Bonchev–Trinajstić information content (AvgIpc) is 2.98. The summed E-state index contributed by atoms with van der Waals surface area (Å²) in [5, 5.41) is 9.38. The molecule has 2 aliphatic rings. The van der Waals surface area contributed by atoms with Crippen LogP contribution in [0.3, 0.4) is 0 Å². The van der Waals surface area contributed by atoms with E-state index in [1.54, 1.807) is 18.2 Å². The lowest BCUT2D eigenvalue weighted by Crippen LogP contribution is -2.35. The van der Waals surface area contributed by atoms with Crippen molar-refractivity contribution in [1.29, 1.82) is 0 Å². The number of carbonyl (C=O) groups is 1. The summed E-state index contributed by atoms with van der Waals surface area (Å²) in [4.78, 5) is 11.5. The molecule has 1 N–H and O–H groups in total. The van der Waals surface area contributed by atoms with Gasteiger partial charge in [-0.1, -0.05) is 30.3 Å². The molecule has 2 saturated carbocycles. The van der Waals surface area contributed by atoms with Gasteiger partial charge in [-0.2, -0.15) is 0 Å². The molecule has 4 heteroatoms. The number of carboxylic acids is 1. The van der Waals surface area contributed by atoms with Gasteiger partial charge in [-0.25, -0.2) is 8.78 Å². The van der Waals surface area contributed by atoms with Crippen LogP contribution in [0.2, 0.25) is 0 Å². The molecule has 3 rings (SSSR count). The van der Waals surface area contributed by atoms with E-state index in [0.29, 0.717) is 24.7 Å². The van der Waals surface area contributed by atoms with Crippen LogP contribution in [0, 0.1) is 17.3 Å². The molecule has 0 radical (unpaired) electrons. The fourth-order valence-electron chi connectivity index (χ4n) is 3.50. The molecule has 1 aromatic carbocycles. The zero-order valence-electron chi connectivity index (χ0n) is 10.5. The second kappa shape index (κ2) is 4.02. The third-order valence-electron chi connectivity index (χ3n) is 4.59. The van der Waals surface area contributed by atoms with Crippen molar-refractivity contribution in [2.24, 2.45) is 17.3 Å². The van der Waals surface area contributed by atoms with Crippen molar-refractivity contribution in [3.05, 3.63) is 35.9 Å². The topological polar surface area (TPSA) is 37.3 Å². The highest BCUT2D eigenvalue weighted by atomic mass is 19.3. The predicted octanol–water partition coefficient (Wildman–Crippen LogP) is 3.67. The van der Waals surface area contributed by atoms with Gasteiger partial charge in [0.25, 0.3) is 5.92 Å². The Hall–Kier alpha value is -1.45. The number of fused-ring (bicyclic) bond motifs is 1. The minimum absolute atomic E-state index is 0.0869. The van der Waals surface area contributed by atoms with Gasteiger partial charge >= 0.3 is 5.97 Å². The van der Waals surface area contributed by atoms with Crippen molar-refractivity contribution in [1.82, 2.24) is 0 Å². The smallest absolute Gasteiger partial charge is 0.309 e. The average molecular weight is 266 g/mol. The van der Waals surface area contributed by atoms with Gasteiger partial charge in [-0.15, -0.1) is 0 Å². The van der Waals surface area contributed by atoms with Crippen LogP contribution in [-0.2, 0) is 10.7 Å². The summed E-state index contributed by atoms with van der Waals surface area (Å²) < 4.78 is 28.6. The Morgan fingerprint density at radius 2 is 1.84 bits per heavy atom. The first kappa shape index (κ1) is 12.6. The van der Waals surface area contributed by atoms with Gasteiger partial charge in [0, 0.05) is 12.0 Å². The third kappa shape index (κ3) is 2.13. The first-order chi connectivity index (χ1) is 8.93. The molecular weight excluding hydrogens is 250 g/mol. The lowest BCUT2D eigenvalue weighted by Gasteiger charge is -2.30. The van der Waals surface area contributed by atoms with Crippen LogP contribution in [0.5, 0.6) is 0 Å². The van der Waals surface area contributed by atoms with Crippen LogP contribution in [-0.4, -0.2) is 11.1 Å². The van der Waals surface area contributed by atoms with E-state index in [2.05, 4.69) is 0 Å². The SMILES string of the molecule is O=C(O)C1(CC(F)(F)c2ccccc2)CC2CC2C1. The van der Waals surface area contributed by atoms with Gasteiger partial charge in [-0.3, -0.25) is 4.79 Å². The maximum Gasteiger partial charge on any atom is 0.309 e. The third-order valence-corrected chi connectivity index (χ3v) is 4.59. The van der Waals surface area contributed by atoms with Crippen molar-refractivity contribution in [3.63, 3.8) is 0 Å². The molecule has 0 aliphatic heterocycles. The summed E-state index contributed by atoms with van der Waals surface area (Å²) in [5.41, 5.74) is -1.32. The molecule has 19 heavy (non-hydrogen) atoms. The molecule has 0 aromatic heterocycles. The summed E-state index contributed by atoms with van der Waals surface area (Å²) in [6, 6.07) is 7.53. The van der Waals surface area contributed by atoms with Crippen molar-refractivity contribution in [2.75, 3.05) is 0 Å². The molecule has 1 aromatic rings. The fourth-order valence-corrected chi connectivity index (χ4v) is 3.50. The maximum absolute atomic E-state index is 14.3.